The summed E-state index contributed by atoms with van der Waals surface area (Å²) < 4.78 is 5.28. The quantitative estimate of drug-likeness (QED) is 0.719. The smallest absolute Gasteiger partial charge is 0.227 e. The van der Waals surface area contributed by atoms with Crippen LogP contribution >= 0.6 is 0 Å². The third-order valence-corrected chi connectivity index (χ3v) is 4.40. The lowest BCUT2D eigenvalue weighted by molar-refractivity contribution is -0.125. The molecule has 0 saturated carbocycles. The van der Waals surface area contributed by atoms with Crippen LogP contribution in [0.5, 0.6) is 0 Å². The fraction of sp³-hybridized carbons (Fsp3) is 0.722. The molecular formula is C18H31N5O2. The molecule has 0 atom stereocenters. The summed E-state index contributed by atoms with van der Waals surface area (Å²) in [5.74, 6) is 1.92. The fourth-order valence-electron chi connectivity index (χ4n) is 2.92. The molecule has 0 spiro atoms. The van der Waals surface area contributed by atoms with E-state index in [0.29, 0.717) is 13.2 Å². The third kappa shape index (κ3) is 5.85. The Morgan fingerprint density at radius 1 is 1.36 bits per heavy atom. The van der Waals surface area contributed by atoms with E-state index < -0.39 is 0 Å². The van der Waals surface area contributed by atoms with Gasteiger partial charge in [-0.2, -0.15) is 4.98 Å². The van der Waals surface area contributed by atoms with E-state index in [9.17, 15) is 4.79 Å². The van der Waals surface area contributed by atoms with E-state index in [2.05, 4.69) is 20.2 Å². The molecule has 1 fully saturated rings. The number of aromatic nitrogens is 2. The summed E-state index contributed by atoms with van der Waals surface area (Å²) in [6.07, 6.45) is 2.54. The summed E-state index contributed by atoms with van der Waals surface area (Å²) in [7, 11) is 3.96. The van der Waals surface area contributed by atoms with Crippen LogP contribution < -0.4 is 15.1 Å². The maximum Gasteiger partial charge on any atom is 0.227 e. The van der Waals surface area contributed by atoms with Crippen molar-refractivity contribution in [1.82, 2.24) is 15.3 Å². The second kappa shape index (κ2) is 9.56. The standard InChI is InChI=1S/C18H31N5O2/c1-5-25-12-6-9-19-17(24)15-7-10-23(11-8-15)18-20-14(2)13-16(21-18)22(3)4/h13,15H,5-12H2,1-4H3,(H,19,24). The highest BCUT2D eigenvalue weighted by Gasteiger charge is 2.26. The summed E-state index contributed by atoms with van der Waals surface area (Å²) in [6, 6.07) is 1.98. The van der Waals surface area contributed by atoms with Crippen molar-refractivity contribution in [1.29, 1.82) is 0 Å². The minimum absolute atomic E-state index is 0.0847. The van der Waals surface area contributed by atoms with E-state index in [1.165, 1.54) is 0 Å². The molecule has 140 valence electrons. The molecule has 1 N–H and O–H groups in total. The lowest BCUT2D eigenvalue weighted by atomic mass is 9.96. The highest BCUT2D eigenvalue weighted by molar-refractivity contribution is 5.78. The van der Waals surface area contributed by atoms with Gasteiger partial charge >= 0.3 is 0 Å². The van der Waals surface area contributed by atoms with Crippen molar-refractivity contribution in [2.24, 2.45) is 5.92 Å². The normalized spacial score (nSPS) is 15.3. The van der Waals surface area contributed by atoms with E-state index in [1.54, 1.807) is 0 Å². The Balaban J connectivity index is 1.82. The predicted octanol–water partition coefficient (Wildman–Crippen LogP) is 1.61. The molecule has 1 saturated heterocycles. The van der Waals surface area contributed by atoms with Gasteiger partial charge in [0.2, 0.25) is 11.9 Å². The van der Waals surface area contributed by atoms with Crippen molar-refractivity contribution in [3.8, 4) is 0 Å². The van der Waals surface area contributed by atoms with Gasteiger partial charge in [-0.25, -0.2) is 4.98 Å². The molecule has 1 aromatic heterocycles. The van der Waals surface area contributed by atoms with Gasteiger partial charge in [-0.15, -0.1) is 0 Å². The highest BCUT2D eigenvalue weighted by Crippen LogP contribution is 2.23. The Morgan fingerprint density at radius 3 is 2.72 bits per heavy atom. The number of anilines is 2. The Kier molecular flexibility index (Phi) is 7.43. The van der Waals surface area contributed by atoms with Crippen LogP contribution in [0.4, 0.5) is 11.8 Å². The molecule has 7 heteroatoms. The number of aryl methyl sites for hydroxylation is 1. The first kappa shape index (κ1) is 19.4. The van der Waals surface area contributed by atoms with Gasteiger partial charge in [0.15, 0.2) is 0 Å². The summed E-state index contributed by atoms with van der Waals surface area (Å²) in [4.78, 5) is 25.6. The average Bonchev–Trinajstić information content (AvgIpc) is 2.61. The molecule has 0 radical (unpaired) electrons. The molecule has 2 rings (SSSR count). The van der Waals surface area contributed by atoms with Crippen molar-refractivity contribution >= 4 is 17.7 Å². The minimum atomic E-state index is 0.0847. The molecule has 1 aliphatic rings. The second-order valence-corrected chi connectivity index (χ2v) is 6.66. The SMILES string of the molecule is CCOCCCNC(=O)C1CCN(c2nc(C)cc(N(C)C)n2)CC1. The Morgan fingerprint density at radius 2 is 2.08 bits per heavy atom. The van der Waals surface area contributed by atoms with Crippen LogP contribution in [0.2, 0.25) is 0 Å². The molecule has 0 bridgehead atoms. The number of carbonyl (C=O) groups is 1. The van der Waals surface area contributed by atoms with E-state index in [0.717, 1.165) is 56.4 Å². The van der Waals surface area contributed by atoms with Crippen LogP contribution in [-0.2, 0) is 9.53 Å². The molecule has 25 heavy (non-hydrogen) atoms. The maximum absolute atomic E-state index is 12.3. The lowest BCUT2D eigenvalue weighted by Crippen LogP contribution is -2.41. The number of nitrogens with zero attached hydrogens (tertiary/aromatic N) is 4. The summed E-state index contributed by atoms with van der Waals surface area (Å²) in [6.45, 7) is 7.70. The Hall–Kier alpha value is -1.89. The number of piperidine rings is 1. The number of hydrogen-bond acceptors (Lipinski definition) is 6. The minimum Gasteiger partial charge on any atom is -0.382 e. The first-order valence-corrected chi connectivity index (χ1v) is 9.14. The number of amides is 1. The van der Waals surface area contributed by atoms with Crippen LogP contribution in [0.25, 0.3) is 0 Å². The summed E-state index contributed by atoms with van der Waals surface area (Å²) in [5, 5.41) is 3.02. The van der Waals surface area contributed by atoms with Crippen LogP contribution in [0, 0.1) is 12.8 Å². The van der Waals surface area contributed by atoms with Gasteiger partial charge in [-0.1, -0.05) is 0 Å². The monoisotopic (exact) mass is 349 g/mol. The van der Waals surface area contributed by atoms with Gasteiger partial charge in [-0.3, -0.25) is 4.79 Å². The number of carbonyl (C=O) groups excluding carboxylic acids is 1. The molecule has 0 unspecified atom stereocenters. The Bertz CT molecular complexity index is 556. The number of rotatable bonds is 8. The number of nitrogens with one attached hydrogen (secondary N) is 1. The number of hydrogen-bond donors (Lipinski definition) is 1. The average molecular weight is 349 g/mol. The maximum atomic E-state index is 12.3. The Labute approximate surface area is 150 Å². The van der Waals surface area contributed by atoms with Crippen molar-refractivity contribution < 1.29 is 9.53 Å². The predicted molar refractivity (Wildman–Crippen MR) is 100 cm³/mol. The third-order valence-electron chi connectivity index (χ3n) is 4.40. The molecule has 1 amide bonds. The van der Waals surface area contributed by atoms with E-state index >= 15 is 0 Å². The molecular weight excluding hydrogens is 318 g/mol. The van der Waals surface area contributed by atoms with Crippen molar-refractivity contribution in [3.05, 3.63) is 11.8 Å². The first-order chi connectivity index (χ1) is 12.0. The van der Waals surface area contributed by atoms with Gasteiger partial charge < -0.3 is 19.9 Å². The zero-order valence-electron chi connectivity index (χ0n) is 15.9. The molecule has 0 aliphatic carbocycles. The van der Waals surface area contributed by atoms with Gasteiger partial charge in [0.1, 0.15) is 5.82 Å². The highest BCUT2D eigenvalue weighted by atomic mass is 16.5. The van der Waals surface area contributed by atoms with Gasteiger partial charge in [0, 0.05) is 64.6 Å². The summed E-state index contributed by atoms with van der Waals surface area (Å²) >= 11 is 0. The van der Waals surface area contributed by atoms with Crippen LogP contribution in [0.3, 0.4) is 0 Å². The van der Waals surface area contributed by atoms with Crippen molar-refractivity contribution in [2.45, 2.75) is 33.1 Å². The van der Waals surface area contributed by atoms with E-state index in [-0.39, 0.29) is 11.8 Å². The molecule has 1 aromatic rings. The van der Waals surface area contributed by atoms with Crippen LogP contribution in [0.1, 0.15) is 31.9 Å². The second-order valence-electron chi connectivity index (χ2n) is 6.66. The topological polar surface area (TPSA) is 70.6 Å². The van der Waals surface area contributed by atoms with Gasteiger partial charge in [0.05, 0.1) is 0 Å². The lowest BCUT2D eigenvalue weighted by Gasteiger charge is -2.32. The number of ether oxygens (including phenoxy) is 1. The van der Waals surface area contributed by atoms with Crippen molar-refractivity contribution in [2.75, 3.05) is 56.7 Å². The van der Waals surface area contributed by atoms with Crippen LogP contribution in [-0.4, -0.2) is 62.8 Å². The fourth-order valence-corrected chi connectivity index (χ4v) is 2.92. The van der Waals surface area contributed by atoms with Gasteiger partial charge in [-0.05, 0) is 33.1 Å². The van der Waals surface area contributed by atoms with E-state index in [1.807, 2.05) is 38.9 Å². The first-order valence-electron chi connectivity index (χ1n) is 9.14. The zero-order chi connectivity index (χ0) is 18.2. The van der Waals surface area contributed by atoms with Gasteiger partial charge in [0.25, 0.3) is 0 Å². The molecule has 7 nitrogen and oxygen atoms in total. The van der Waals surface area contributed by atoms with Crippen molar-refractivity contribution in [3.63, 3.8) is 0 Å². The molecule has 1 aliphatic heterocycles. The largest absolute Gasteiger partial charge is 0.382 e. The molecule has 0 aromatic carbocycles. The summed E-state index contributed by atoms with van der Waals surface area (Å²) in [5.41, 5.74) is 0.961. The zero-order valence-corrected chi connectivity index (χ0v) is 15.9. The van der Waals surface area contributed by atoms with E-state index in [4.69, 9.17) is 4.74 Å². The molecule has 2 heterocycles. The van der Waals surface area contributed by atoms with Crippen LogP contribution in [0.15, 0.2) is 6.07 Å².